The van der Waals surface area contributed by atoms with Crippen molar-refractivity contribution < 1.29 is 48.9 Å². The summed E-state index contributed by atoms with van der Waals surface area (Å²) in [4.78, 5) is 15.5. The zero-order chi connectivity index (χ0) is 26.7. The molecule has 11 heteroatoms. The molecule has 0 saturated carbocycles. The van der Waals surface area contributed by atoms with Crippen molar-refractivity contribution >= 4 is 5.78 Å². The van der Waals surface area contributed by atoms with E-state index in [0.717, 1.165) is 24.1 Å². The Morgan fingerprint density at radius 1 is 1.03 bits per heavy atom. The van der Waals surface area contributed by atoms with Crippen molar-refractivity contribution in [3.8, 4) is 11.5 Å². The van der Waals surface area contributed by atoms with Gasteiger partial charge in [0.1, 0.15) is 24.4 Å². The van der Waals surface area contributed by atoms with Gasteiger partial charge in [-0.15, -0.1) is 0 Å². The smallest absolute Gasteiger partial charge is 0.229 e. The number of methoxy groups -OCH3 is 3. The molecule has 2 fully saturated rings. The third-order valence-corrected chi connectivity index (χ3v) is 8.78. The van der Waals surface area contributed by atoms with Gasteiger partial charge in [-0.2, -0.15) is 0 Å². The Labute approximate surface area is 215 Å². The van der Waals surface area contributed by atoms with Crippen LogP contribution in [0.5, 0.6) is 11.5 Å². The normalized spacial score (nSPS) is 37.5. The van der Waals surface area contributed by atoms with E-state index in [1.165, 1.54) is 14.2 Å². The van der Waals surface area contributed by atoms with Gasteiger partial charge in [0.2, 0.25) is 17.8 Å². The number of carbonyl (C=O) groups is 1. The van der Waals surface area contributed by atoms with Gasteiger partial charge in [-0.05, 0) is 56.1 Å². The number of nitrogens with zero attached hydrogens (tertiary/aromatic N) is 1. The van der Waals surface area contributed by atoms with Crippen LogP contribution in [0.25, 0.3) is 0 Å². The highest BCUT2D eigenvalue weighted by Gasteiger charge is 2.67. The van der Waals surface area contributed by atoms with Crippen LogP contribution >= 0.6 is 0 Å². The largest absolute Gasteiger partial charge is 0.495 e. The van der Waals surface area contributed by atoms with Crippen LogP contribution in [0.2, 0.25) is 0 Å². The molecule has 4 N–H and O–H groups in total. The third-order valence-electron chi connectivity index (χ3n) is 8.78. The molecule has 0 aromatic heterocycles. The van der Waals surface area contributed by atoms with Crippen LogP contribution in [-0.2, 0) is 30.8 Å². The molecule has 1 aromatic rings. The van der Waals surface area contributed by atoms with Crippen molar-refractivity contribution in [2.75, 3.05) is 41.5 Å². The lowest BCUT2D eigenvalue weighted by Gasteiger charge is -2.55. The maximum Gasteiger partial charge on any atom is 0.229 e. The number of likely N-dealkylation sites (N-methyl/N-ethyl adjacent to an activating group) is 1. The molecule has 4 aliphatic rings. The molecule has 0 amide bonds. The van der Waals surface area contributed by atoms with Crippen molar-refractivity contribution in [3.05, 3.63) is 34.8 Å². The quantitative estimate of drug-likeness (QED) is 0.388. The summed E-state index contributed by atoms with van der Waals surface area (Å²) in [6.07, 6.45) is -4.70. The minimum atomic E-state index is -1.56. The van der Waals surface area contributed by atoms with Crippen LogP contribution in [0.15, 0.2) is 23.7 Å². The van der Waals surface area contributed by atoms with Gasteiger partial charge in [0, 0.05) is 11.8 Å². The fraction of sp³-hybridized carbons (Fsp3) is 0.654. The van der Waals surface area contributed by atoms with E-state index < -0.39 is 48.3 Å². The standard InChI is InChI=1S/C26H35NO10/c1-27-8-7-25-11-15(29)22(34-3)23(35-4)26(25,27)6-5-13-9-17(16(33-2)10-14(13)25)36-24-21(32)20(31)19(30)18(12-28)37-24/h9-10,18-21,24,28,30-32H,5-8,11-12H2,1-4H3/t18-,19-,20+,21-,24-,25+,26-/m1/s1. The first-order valence-corrected chi connectivity index (χ1v) is 12.4. The number of rotatable bonds is 6. The van der Waals surface area contributed by atoms with Gasteiger partial charge < -0.3 is 44.1 Å². The van der Waals surface area contributed by atoms with E-state index in [0.29, 0.717) is 24.4 Å². The average Bonchev–Trinajstić information content (AvgIpc) is 3.20. The number of hydrogen-bond donors (Lipinski definition) is 4. The first-order valence-electron chi connectivity index (χ1n) is 12.4. The van der Waals surface area contributed by atoms with Crippen LogP contribution in [0.1, 0.15) is 30.4 Å². The molecule has 0 unspecified atom stereocenters. The number of ketones is 1. The predicted octanol–water partition coefficient (Wildman–Crippen LogP) is -0.391. The Kier molecular flexibility index (Phi) is 6.66. The van der Waals surface area contributed by atoms with E-state index in [2.05, 4.69) is 4.90 Å². The monoisotopic (exact) mass is 521 g/mol. The summed E-state index contributed by atoms with van der Waals surface area (Å²) in [6, 6.07) is 3.69. The van der Waals surface area contributed by atoms with Gasteiger partial charge in [-0.1, -0.05) is 0 Å². The molecule has 2 aliphatic heterocycles. The number of aliphatic hydroxyl groups excluding tert-OH is 4. The van der Waals surface area contributed by atoms with E-state index >= 15 is 0 Å². The molecule has 0 bridgehead atoms. The summed E-state index contributed by atoms with van der Waals surface area (Å²) >= 11 is 0. The highest BCUT2D eigenvalue weighted by Crippen LogP contribution is 2.62. The number of hydrogen-bond acceptors (Lipinski definition) is 11. The SMILES string of the molecule is COC1=C(OC)[C@]23CCc4cc(O[C@@H]5O[C@H](CO)[C@@H](O)[C@H](O)[C@H]5O)c(OC)cc4[C@]2(CCN3C)CC1=O. The number of allylic oxidation sites excluding steroid dienone is 1. The Hall–Kier alpha value is -2.41. The van der Waals surface area contributed by atoms with E-state index in [-0.39, 0.29) is 23.7 Å². The number of fused-ring (bicyclic) bond motifs is 1. The third kappa shape index (κ3) is 3.52. The van der Waals surface area contributed by atoms with Crippen LogP contribution in [0.3, 0.4) is 0 Å². The Bertz CT molecular complexity index is 1110. The number of Topliss-reactive ketones (excluding diaryl/α,β-unsaturated/α-hetero) is 1. The van der Waals surface area contributed by atoms with Crippen LogP contribution in [0, 0.1) is 0 Å². The van der Waals surface area contributed by atoms with Crippen LogP contribution in [-0.4, -0.2) is 109 Å². The molecule has 204 valence electrons. The Balaban J connectivity index is 1.58. The molecule has 1 aromatic carbocycles. The van der Waals surface area contributed by atoms with Crippen molar-refractivity contribution in [2.24, 2.45) is 0 Å². The summed E-state index contributed by atoms with van der Waals surface area (Å²) in [7, 11) is 6.61. The number of aryl methyl sites for hydroxylation is 1. The molecule has 0 radical (unpaired) electrons. The zero-order valence-electron chi connectivity index (χ0n) is 21.5. The lowest BCUT2D eigenvalue weighted by Crippen LogP contribution is -2.62. The molecular weight excluding hydrogens is 486 g/mol. The molecule has 2 heterocycles. The zero-order valence-corrected chi connectivity index (χ0v) is 21.5. The number of carbonyl (C=O) groups excluding carboxylic acids is 1. The maximum absolute atomic E-state index is 13.3. The highest BCUT2D eigenvalue weighted by atomic mass is 16.7. The number of aliphatic hydroxyl groups is 4. The number of benzene rings is 1. The second-order valence-corrected chi connectivity index (χ2v) is 10.3. The molecule has 7 atom stereocenters. The minimum absolute atomic E-state index is 0.112. The average molecular weight is 522 g/mol. The molecule has 2 saturated heterocycles. The maximum atomic E-state index is 13.3. The van der Waals surface area contributed by atoms with Crippen LogP contribution in [0.4, 0.5) is 0 Å². The van der Waals surface area contributed by atoms with Gasteiger partial charge in [0.15, 0.2) is 17.3 Å². The summed E-state index contributed by atoms with van der Waals surface area (Å²) < 4.78 is 28.6. The van der Waals surface area contributed by atoms with Crippen molar-refractivity contribution in [1.29, 1.82) is 0 Å². The van der Waals surface area contributed by atoms with Crippen molar-refractivity contribution in [2.45, 2.75) is 67.3 Å². The fourth-order valence-electron chi connectivity index (χ4n) is 6.99. The summed E-state index contributed by atoms with van der Waals surface area (Å²) in [5, 5.41) is 40.2. The lowest BCUT2D eigenvalue weighted by atomic mass is 9.54. The van der Waals surface area contributed by atoms with Gasteiger partial charge in [-0.3, -0.25) is 9.69 Å². The van der Waals surface area contributed by atoms with E-state index in [1.54, 1.807) is 7.11 Å². The number of likely N-dealkylation sites (tertiary alicyclic amines) is 1. The highest BCUT2D eigenvalue weighted by molar-refractivity contribution is 5.97. The van der Waals surface area contributed by atoms with E-state index in [1.807, 2.05) is 19.2 Å². The molecule has 2 aliphatic carbocycles. The molecule has 11 nitrogen and oxygen atoms in total. The van der Waals surface area contributed by atoms with Crippen LogP contribution < -0.4 is 9.47 Å². The van der Waals surface area contributed by atoms with Gasteiger partial charge >= 0.3 is 0 Å². The van der Waals surface area contributed by atoms with Gasteiger partial charge in [0.05, 0.1) is 33.5 Å². The summed E-state index contributed by atoms with van der Waals surface area (Å²) in [5.41, 5.74) is 0.822. The lowest BCUT2D eigenvalue weighted by molar-refractivity contribution is -0.277. The Morgan fingerprint density at radius 2 is 1.78 bits per heavy atom. The summed E-state index contributed by atoms with van der Waals surface area (Å²) in [6.45, 7) is 0.207. The van der Waals surface area contributed by atoms with E-state index in [9.17, 15) is 25.2 Å². The number of ether oxygens (including phenoxy) is 5. The predicted molar refractivity (Wildman–Crippen MR) is 128 cm³/mol. The van der Waals surface area contributed by atoms with E-state index in [4.69, 9.17) is 23.7 Å². The second kappa shape index (κ2) is 9.40. The molecule has 37 heavy (non-hydrogen) atoms. The first kappa shape index (κ1) is 26.2. The van der Waals surface area contributed by atoms with Crippen molar-refractivity contribution in [3.63, 3.8) is 0 Å². The molecule has 5 rings (SSSR count). The topological polar surface area (TPSA) is 147 Å². The second-order valence-electron chi connectivity index (χ2n) is 10.3. The van der Waals surface area contributed by atoms with Gasteiger partial charge in [0.25, 0.3) is 0 Å². The van der Waals surface area contributed by atoms with Gasteiger partial charge in [-0.25, -0.2) is 0 Å². The fourth-order valence-corrected chi connectivity index (χ4v) is 6.99. The minimum Gasteiger partial charge on any atom is -0.495 e. The molecular formula is C26H35NO10. The van der Waals surface area contributed by atoms with Crippen molar-refractivity contribution in [1.82, 2.24) is 4.90 Å². The molecule has 0 spiro atoms. The first-order chi connectivity index (χ1) is 17.7. The Morgan fingerprint density at radius 3 is 2.43 bits per heavy atom. The summed E-state index contributed by atoms with van der Waals surface area (Å²) in [5.74, 6) is 1.35.